The van der Waals surface area contributed by atoms with Crippen molar-refractivity contribution in [2.24, 2.45) is 0 Å². The highest BCUT2D eigenvalue weighted by molar-refractivity contribution is 6.04. The van der Waals surface area contributed by atoms with Crippen LogP contribution in [0.4, 0.5) is 5.69 Å². The van der Waals surface area contributed by atoms with E-state index in [1.54, 1.807) is 19.9 Å². The lowest BCUT2D eigenvalue weighted by Gasteiger charge is -2.36. The van der Waals surface area contributed by atoms with E-state index >= 15 is 0 Å². The van der Waals surface area contributed by atoms with E-state index in [1.165, 1.54) is 4.90 Å². The molecule has 20 heavy (non-hydrogen) atoms. The van der Waals surface area contributed by atoms with E-state index in [9.17, 15) is 14.7 Å². The number of rotatable bonds is 4. The molecule has 108 valence electrons. The predicted molar refractivity (Wildman–Crippen MR) is 75.1 cm³/mol. The van der Waals surface area contributed by atoms with Crippen molar-refractivity contribution < 1.29 is 19.4 Å². The zero-order valence-electron chi connectivity index (χ0n) is 11.9. The van der Waals surface area contributed by atoms with Gasteiger partial charge in [0.25, 0.3) is 5.91 Å². The Balaban J connectivity index is 2.54. The van der Waals surface area contributed by atoms with Gasteiger partial charge in [-0.05, 0) is 37.5 Å². The van der Waals surface area contributed by atoms with Crippen molar-refractivity contribution in [3.05, 3.63) is 23.8 Å². The maximum atomic E-state index is 12.3. The number of amides is 1. The molecule has 1 N–H and O–H groups in total. The fourth-order valence-corrected chi connectivity index (χ4v) is 2.42. The van der Waals surface area contributed by atoms with Crippen LogP contribution in [-0.4, -0.2) is 29.1 Å². The van der Waals surface area contributed by atoms with Gasteiger partial charge in [0, 0.05) is 0 Å². The van der Waals surface area contributed by atoms with E-state index < -0.39 is 18.1 Å². The number of hydrogen-bond acceptors (Lipinski definition) is 3. The summed E-state index contributed by atoms with van der Waals surface area (Å²) in [5.41, 5.74) is 1.60. The van der Waals surface area contributed by atoms with Crippen LogP contribution in [0, 0.1) is 0 Å². The van der Waals surface area contributed by atoms with Crippen molar-refractivity contribution in [2.75, 3.05) is 4.90 Å². The van der Waals surface area contributed by atoms with E-state index in [2.05, 4.69) is 0 Å². The monoisotopic (exact) mass is 277 g/mol. The minimum absolute atomic E-state index is 0.306. The molecule has 0 radical (unpaired) electrons. The molecule has 0 aromatic heterocycles. The highest BCUT2D eigenvalue weighted by Gasteiger charge is 2.38. The molecule has 2 atom stereocenters. The largest absolute Gasteiger partial charge is 0.480 e. The molecule has 0 saturated carbocycles. The van der Waals surface area contributed by atoms with Crippen molar-refractivity contribution in [2.45, 2.75) is 45.8 Å². The molecule has 1 aliphatic heterocycles. The lowest BCUT2D eigenvalue weighted by Crippen LogP contribution is -2.52. The average molecular weight is 277 g/mol. The summed E-state index contributed by atoms with van der Waals surface area (Å²) in [7, 11) is 0. The van der Waals surface area contributed by atoms with Crippen LogP contribution >= 0.6 is 0 Å². The first kappa shape index (κ1) is 14.4. The van der Waals surface area contributed by atoms with Crippen LogP contribution in [0.15, 0.2) is 18.2 Å². The van der Waals surface area contributed by atoms with Gasteiger partial charge in [-0.25, -0.2) is 4.79 Å². The van der Waals surface area contributed by atoms with Crippen LogP contribution in [0.5, 0.6) is 5.75 Å². The molecule has 1 heterocycles. The van der Waals surface area contributed by atoms with Gasteiger partial charge in [0.15, 0.2) is 6.10 Å². The van der Waals surface area contributed by atoms with Gasteiger partial charge in [0.1, 0.15) is 11.8 Å². The smallest absolute Gasteiger partial charge is 0.326 e. The molecule has 5 nitrogen and oxygen atoms in total. The van der Waals surface area contributed by atoms with Gasteiger partial charge in [-0.15, -0.1) is 0 Å². The number of ether oxygens (including phenoxy) is 1. The predicted octanol–water partition coefficient (Wildman–Crippen LogP) is 2.23. The molecule has 1 aromatic carbocycles. The van der Waals surface area contributed by atoms with Crippen molar-refractivity contribution in [3.8, 4) is 5.75 Å². The van der Waals surface area contributed by atoms with Gasteiger partial charge in [0.05, 0.1) is 5.69 Å². The average Bonchev–Trinajstić information content (AvgIpc) is 2.43. The van der Waals surface area contributed by atoms with Crippen LogP contribution < -0.4 is 9.64 Å². The Labute approximate surface area is 118 Å². The number of benzene rings is 1. The van der Waals surface area contributed by atoms with Crippen LogP contribution in [0.25, 0.3) is 0 Å². The number of hydrogen-bond donors (Lipinski definition) is 1. The maximum absolute atomic E-state index is 12.3. The number of carboxylic acids is 1. The summed E-state index contributed by atoms with van der Waals surface area (Å²) in [5.74, 6) is -0.739. The highest BCUT2D eigenvalue weighted by atomic mass is 16.5. The molecule has 0 bridgehead atoms. The Hall–Kier alpha value is -2.04. The van der Waals surface area contributed by atoms with Gasteiger partial charge < -0.3 is 9.84 Å². The third kappa shape index (κ3) is 2.35. The van der Waals surface area contributed by atoms with Crippen LogP contribution in [-0.2, 0) is 16.0 Å². The molecular formula is C15H19NO4. The number of aryl methyl sites for hydroxylation is 1. The first-order valence-corrected chi connectivity index (χ1v) is 6.85. The zero-order chi connectivity index (χ0) is 14.9. The Morgan fingerprint density at radius 2 is 2.15 bits per heavy atom. The van der Waals surface area contributed by atoms with Gasteiger partial charge in [-0.3, -0.25) is 9.69 Å². The summed E-state index contributed by atoms with van der Waals surface area (Å²) in [6, 6.07) is 4.71. The fraction of sp³-hybridized carbons (Fsp3) is 0.467. The van der Waals surface area contributed by atoms with Crippen molar-refractivity contribution >= 4 is 17.6 Å². The molecular weight excluding hydrogens is 258 g/mol. The number of aliphatic carboxylic acids is 1. The zero-order valence-corrected chi connectivity index (χ0v) is 11.9. The minimum atomic E-state index is -0.997. The molecule has 1 aliphatic rings. The molecule has 1 amide bonds. The van der Waals surface area contributed by atoms with E-state index in [0.717, 1.165) is 12.0 Å². The molecule has 1 aromatic rings. The molecule has 0 spiro atoms. The topological polar surface area (TPSA) is 66.8 Å². The van der Waals surface area contributed by atoms with Crippen LogP contribution in [0.2, 0.25) is 0 Å². The number of carboxylic acid groups (broad SMARTS) is 1. The molecule has 5 heteroatoms. The lowest BCUT2D eigenvalue weighted by molar-refractivity contribution is -0.141. The first-order valence-electron chi connectivity index (χ1n) is 6.85. The second kappa shape index (κ2) is 5.53. The van der Waals surface area contributed by atoms with Crippen molar-refractivity contribution in [1.29, 1.82) is 0 Å². The van der Waals surface area contributed by atoms with Crippen molar-refractivity contribution in [1.82, 2.24) is 0 Å². The second-order valence-electron chi connectivity index (χ2n) is 4.89. The first-order chi connectivity index (χ1) is 9.49. The summed E-state index contributed by atoms with van der Waals surface area (Å²) in [6.07, 6.45) is 0.501. The number of carbonyl (C=O) groups is 2. The number of nitrogens with zero attached hydrogens (tertiary/aromatic N) is 1. The summed E-state index contributed by atoms with van der Waals surface area (Å²) in [6.45, 7) is 5.41. The van der Waals surface area contributed by atoms with E-state index in [0.29, 0.717) is 17.9 Å². The summed E-state index contributed by atoms with van der Waals surface area (Å²) in [5, 5.41) is 9.35. The van der Waals surface area contributed by atoms with Crippen molar-refractivity contribution in [3.63, 3.8) is 0 Å². The molecule has 0 saturated heterocycles. The molecule has 0 aliphatic carbocycles. The Morgan fingerprint density at radius 3 is 2.70 bits per heavy atom. The highest BCUT2D eigenvalue weighted by Crippen LogP contribution is 2.36. The Kier molecular flexibility index (Phi) is 3.97. The number of anilines is 1. The van der Waals surface area contributed by atoms with Gasteiger partial charge in [0.2, 0.25) is 0 Å². The molecule has 0 fully saturated rings. The second-order valence-corrected chi connectivity index (χ2v) is 4.89. The SMILES string of the molecule is CCc1ccc2c(c1)N(C(CC)C(=O)O)C(=O)C(C)O2. The van der Waals surface area contributed by atoms with Gasteiger partial charge >= 0.3 is 5.97 Å². The minimum Gasteiger partial charge on any atom is -0.480 e. The lowest BCUT2D eigenvalue weighted by atomic mass is 10.0. The molecule has 2 rings (SSSR count). The van der Waals surface area contributed by atoms with E-state index in [1.807, 2.05) is 19.1 Å². The summed E-state index contributed by atoms with van der Waals surface area (Å²) >= 11 is 0. The Morgan fingerprint density at radius 1 is 1.45 bits per heavy atom. The van der Waals surface area contributed by atoms with Crippen LogP contribution in [0.3, 0.4) is 0 Å². The Bertz CT molecular complexity index is 541. The van der Waals surface area contributed by atoms with Crippen LogP contribution in [0.1, 0.15) is 32.8 Å². The third-order valence-electron chi connectivity index (χ3n) is 3.56. The summed E-state index contributed by atoms with van der Waals surface area (Å²) in [4.78, 5) is 25.1. The summed E-state index contributed by atoms with van der Waals surface area (Å²) < 4.78 is 5.56. The molecule has 2 unspecified atom stereocenters. The van der Waals surface area contributed by atoms with E-state index in [4.69, 9.17) is 4.74 Å². The van der Waals surface area contributed by atoms with E-state index in [-0.39, 0.29) is 5.91 Å². The number of fused-ring (bicyclic) bond motifs is 1. The van der Waals surface area contributed by atoms with Gasteiger partial charge in [-0.2, -0.15) is 0 Å². The van der Waals surface area contributed by atoms with Gasteiger partial charge in [-0.1, -0.05) is 19.9 Å². The normalized spacial score (nSPS) is 19.2. The standard InChI is InChI=1S/C15H19NO4/c1-4-10-6-7-13-12(8-10)16(11(5-2)15(18)19)14(17)9(3)20-13/h6-9,11H,4-5H2,1-3H3,(H,18,19). The maximum Gasteiger partial charge on any atom is 0.326 e. The fourth-order valence-electron chi connectivity index (χ4n) is 2.42. The quantitative estimate of drug-likeness (QED) is 0.916. The third-order valence-corrected chi connectivity index (χ3v) is 3.56. The number of carbonyl (C=O) groups excluding carboxylic acids is 1.